The first kappa shape index (κ1) is 17.2. The summed E-state index contributed by atoms with van der Waals surface area (Å²) in [7, 11) is -0.246. The van der Waals surface area contributed by atoms with Crippen molar-refractivity contribution in [1.82, 2.24) is 4.81 Å². The maximum atomic E-state index is 6.15. The molecule has 0 radical (unpaired) electrons. The molecular formula is C18H25BBrNO2. The molecule has 2 aliphatic rings. The highest BCUT2D eigenvalue weighted by Gasteiger charge is 2.53. The summed E-state index contributed by atoms with van der Waals surface area (Å²) in [6, 6.07) is 6.57. The Labute approximate surface area is 148 Å². The zero-order chi connectivity index (χ0) is 16.8. The fourth-order valence-corrected chi connectivity index (χ4v) is 3.19. The van der Waals surface area contributed by atoms with E-state index in [1.54, 1.807) is 0 Å². The number of halogens is 1. The average Bonchev–Trinajstić information content (AvgIpc) is 2.71. The fraction of sp³-hybridized carbons (Fsp3) is 0.556. The predicted octanol–water partition coefficient (Wildman–Crippen LogP) is 4.44. The summed E-state index contributed by atoms with van der Waals surface area (Å²) in [5.41, 5.74) is 3.46. The third-order valence-electron chi connectivity index (χ3n) is 5.31. The molecule has 0 bridgehead atoms. The monoisotopic (exact) mass is 377 g/mol. The van der Waals surface area contributed by atoms with Crippen molar-refractivity contribution in [3.8, 4) is 0 Å². The van der Waals surface area contributed by atoms with Gasteiger partial charge in [-0.05, 0) is 70.4 Å². The van der Waals surface area contributed by atoms with Gasteiger partial charge >= 0.3 is 7.25 Å². The van der Waals surface area contributed by atoms with Crippen molar-refractivity contribution in [2.45, 2.75) is 52.2 Å². The molecule has 2 aliphatic heterocycles. The van der Waals surface area contributed by atoms with Gasteiger partial charge < -0.3 is 9.31 Å². The lowest BCUT2D eigenvalue weighted by Gasteiger charge is -2.32. The predicted molar refractivity (Wildman–Crippen MR) is 99.1 cm³/mol. The van der Waals surface area contributed by atoms with E-state index in [2.05, 4.69) is 79.6 Å². The van der Waals surface area contributed by atoms with Crippen molar-refractivity contribution < 1.29 is 9.31 Å². The van der Waals surface area contributed by atoms with Crippen molar-refractivity contribution in [1.29, 1.82) is 0 Å². The summed E-state index contributed by atoms with van der Waals surface area (Å²) in [6.07, 6.45) is 3.32. The van der Waals surface area contributed by atoms with Crippen LogP contribution in [0.4, 0.5) is 0 Å². The van der Waals surface area contributed by atoms with Gasteiger partial charge in [-0.25, -0.2) is 0 Å². The van der Waals surface area contributed by atoms with Crippen LogP contribution in [0.1, 0.15) is 45.2 Å². The van der Waals surface area contributed by atoms with Crippen LogP contribution in [0.2, 0.25) is 0 Å². The van der Waals surface area contributed by atoms with E-state index in [-0.39, 0.29) is 18.5 Å². The smallest absolute Gasteiger partial charge is 0.389 e. The third kappa shape index (κ3) is 3.29. The first-order valence-corrected chi connectivity index (χ1v) is 9.04. The molecule has 1 fully saturated rings. The van der Waals surface area contributed by atoms with Gasteiger partial charge in [0.05, 0.1) is 11.2 Å². The van der Waals surface area contributed by atoms with Gasteiger partial charge in [-0.1, -0.05) is 34.1 Å². The van der Waals surface area contributed by atoms with Crippen molar-refractivity contribution in [2.24, 2.45) is 0 Å². The number of rotatable bonds is 2. The van der Waals surface area contributed by atoms with E-state index in [1.807, 2.05) is 0 Å². The standard InChI is InChI=1S/C18H25BBrNO2/c1-13-12-15(6-7-16(13)20)14-8-10-21(11-9-14)19-22-17(2,3)18(4,5)23-19/h6-8,12H,9-11H2,1-5H3. The molecule has 0 spiro atoms. The van der Waals surface area contributed by atoms with Gasteiger partial charge in [0.25, 0.3) is 0 Å². The van der Waals surface area contributed by atoms with Gasteiger partial charge in [0.1, 0.15) is 0 Å². The summed E-state index contributed by atoms with van der Waals surface area (Å²) in [4.78, 5) is 2.27. The van der Waals surface area contributed by atoms with E-state index >= 15 is 0 Å². The van der Waals surface area contributed by atoms with Crippen LogP contribution in [-0.2, 0) is 9.31 Å². The van der Waals surface area contributed by atoms with Gasteiger partial charge in [-0.3, -0.25) is 4.81 Å². The maximum Gasteiger partial charge on any atom is 0.558 e. The summed E-state index contributed by atoms with van der Waals surface area (Å²) in [5, 5.41) is 0. The van der Waals surface area contributed by atoms with E-state index < -0.39 is 0 Å². The van der Waals surface area contributed by atoms with Gasteiger partial charge in [0.15, 0.2) is 0 Å². The lowest BCUT2D eigenvalue weighted by atomic mass is 9.90. The number of benzene rings is 1. The Kier molecular flexibility index (Phi) is 4.51. The van der Waals surface area contributed by atoms with Crippen molar-refractivity contribution >= 4 is 28.8 Å². The van der Waals surface area contributed by atoms with E-state index in [0.717, 1.165) is 24.0 Å². The number of hydrogen-bond acceptors (Lipinski definition) is 3. The average molecular weight is 378 g/mol. The number of nitrogens with zero attached hydrogens (tertiary/aromatic N) is 1. The van der Waals surface area contributed by atoms with Gasteiger partial charge in [0.2, 0.25) is 0 Å². The van der Waals surface area contributed by atoms with Crippen molar-refractivity contribution in [3.05, 3.63) is 39.9 Å². The molecule has 0 N–H and O–H groups in total. The van der Waals surface area contributed by atoms with Crippen LogP contribution >= 0.6 is 15.9 Å². The van der Waals surface area contributed by atoms with Crippen LogP contribution in [0.15, 0.2) is 28.7 Å². The highest BCUT2D eigenvalue weighted by molar-refractivity contribution is 9.10. The molecule has 124 valence electrons. The first-order chi connectivity index (χ1) is 10.7. The zero-order valence-electron chi connectivity index (χ0n) is 14.6. The minimum atomic E-state index is -0.273. The molecule has 5 heteroatoms. The molecule has 1 aromatic rings. The highest BCUT2D eigenvalue weighted by atomic mass is 79.9. The number of aryl methyl sites for hydroxylation is 1. The van der Waals surface area contributed by atoms with Crippen molar-refractivity contribution in [2.75, 3.05) is 13.1 Å². The second-order valence-electron chi connectivity index (χ2n) is 7.50. The second kappa shape index (κ2) is 6.03. The Morgan fingerprint density at radius 2 is 1.78 bits per heavy atom. The minimum Gasteiger partial charge on any atom is -0.389 e. The topological polar surface area (TPSA) is 21.7 Å². The highest BCUT2D eigenvalue weighted by Crippen LogP contribution is 2.38. The van der Waals surface area contributed by atoms with Crippen LogP contribution in [-0.4, -0.2) is 36.4 Å². The largest absolute Gasteiger partial charge is 0.558 e. The molecule has 3 nitrogen and oxygen atoms in total. The quantitative estimate of drug-likeness (QED) is 0.711. The van der Waals surface area contributed by atoms with Crippen LogP contribution < -0.4 is 0 Å². The molecule has 0 atom stereocenters. The molecule has 0 aromatic heterocycles. The Bertz CT molecular complexity index is 626. The Balaban J connectivity index is 1.70. The van der Waals surface area contributed by atoms with Gasteiger partial charge in [-0.15, -0.1) is 0 Å². The van der Waals surface area contributed by atoms with E-state index in [4.69, 9.17) is 9.31 Å². The van der Waals surface area contributed by atoms with Crippen LogP contribution in [0.25, 0.3) is 5.57 Å². The van der Waals surface area contributed by atoms with E-state index in [0.29, 0.717) is 0 Å². The Hall–Kier alpha value is -0.615. The molecule has 0 aliphatic carbocycles. The summed E-state index contributed by atoms with van der Waals surface area (Å²) < 4.78 is 13.5. The minimum absolute atomic E-state index is 0.246. The van der Waals surface area contributed by atoms with Crippen LogP contribution in [0.3, 0.4) is 0 Å². The SMILES string of the molecule is Cc1cc(C2=CCN(B3OC(C)(C)C(C)(C)O3)CC2)ccc1Br. The second-order valence-corrected chi connectivity index (χ2v) is 8.36. The van der Waals surface area contributed by atoms with Gasteiger partial charge in [-0.2, -0.15) is 0 Å². The van der Waals surface area contributed by atoms with E-state index in [9.17, 15) is 0 Å². The molecule has 2 heterocycles. The molecule has 0 amide bonds. The lowest BCUT2D eigenvalue weighted by molar-refractivity contribution is 0.00578. The van der Waals surface area contributed by atoms with Crippen LogP contribution in [0.5, 0.6) is 0 Å². The molecule has 1 aromatic carbocycles. The summed E-state index contributed by atoms with van der Waals surface area (Å²) >= 11 is 3.57. The third-order valence-corrected chi connectivity index (χ3v) is 6.20. The molecule has 0 saturated carbocycles. The number of hydrogen-bond donors (Lipinski definition) is 0. The van der Waals surface area contributed by atoms with Crippen LogP contribution in [0, 0.1) is 6.92 Å². The summed E-state index contributed by atoms with van der Waals surface area (Å²) in [5.74, 6) is 0. The Morgan fingerprint density at radius 1 is 1.13 bits per heavy atom. The molecule has 0 unspecified atom stereocenters. The lowest BCUT2D eigenvalue weighted by Crippen LogP contribution is -2.44. The fourth-order valence-electron chi connectivity index (χ4n) is 2.94. The van der Waals surface area contributed by atoms with E-state index in [1.165, 1.54) is 16.7 Å². The maximum absolute atomic E-state index is 6.15. The normalized spacial score (nSPS) is 23.9. The molecular weight excluding hydrogens is 353 g/mol. The molecule has 1 saturated heterocycles. The zero-order valence-corrected chi connectivity index (χ0v) is 16.2. The summed E-state index contributed by atoms with van der Waals surface area (Å²) in [6.45, 7) is 12.4. The Morgan fingerprint density at radius 3 is 2.30 bits per heavy atom. The van der Waals surface area contributed by atoms with Crippen molar-refractivity contribution in [3.63, 3.8) is 0 Å². The molecule has 3 rings (SSSR count). The van der Waals surface area contributed by atoms with Gasteiger partial charge in [0, 0.05) is 11.0 Å². The molecule has 23 heavy (non-hydrogen) atoms. The first-order valence-electron chi connectivity index (χ1n) is 8.25.